The number of hydrogen-bond acceptors (Lipinski definition) is 4. The van der Waals surface area contributed by atoms with Crippen LogP contribution in [0.4, 0.5) is 4.79 Å². The first-order chi connectivity index (χ1) is 9.15. The Bertz CT molecular complexity index is 472. The standard InChI is InChI=1S/C13H17N3O3/c14-13(18)16-12(17)8-19-11-4-2-1-3-9(11)7-15-10-5-6-10/h1-4,10,15H,5-8H2,(H3,14,16,17,18). The number of nitrogens with one attached hydrogen (secondary N) is 2. The Hall–Kier alpha value is -2.08. The van der Waals surface area contributed by atoms with Crippen molar-refractivity contribution < 1.29 is 14.3 Å². The first-order valence-corrected chi connectivity index (χ1v) is 6.18. The van der Waals surface area contributed by atoms with Crippen molar-refractivity contribution in [3.63, 3.8) is 0 Å². The van der Waals surface area contributed by atoms with Gasteiger partial charge in [0, 0.05) is 18.2 Å². The number of carbonyl (C=O) groups excluding carboxylic acids is 2. The van der Waals surface area contributed by atoms with Gasteiger partial charge in [0.1, 0.15) is 5.75 Å². The Balaban J connectivity index is 1.87. The topological polar surface area (TPSA) is 93.5 Å². The maximum absolute atomic E-state index is 11.3. The van der Waals surface area contributed by atoms with Crippen LogP contribution in [-0.2, 0) is 11.3 Å². The van der Waals surface area contributed by atoms with Gasteiger partial charge in [0.2, 0.25) is 0 Å². The molecule has 4 N–H and O–H groups in total. The third kappa shape index (κ3) is 4.59. The van der Waals surface area contributed by atoms with Gasteiger partial charge in [0.25, 0.3) is 5.91 Å². The maximum Gasteiger partial charge on any atom is 0.318 e. The van der Waals surface area contributed by atoms with E-state index in [9.17, 15) is 9.59 Å². The molecule has 1 saturated carbocycles. The summed E-state index contributed by atoms with van der Waals surface area (Å²) < 4.78 is 5.39. The van der Waals surface area contributed by atoms with Crippen molar-refractivity contribution in [3.8, 4) is 5.75 Å². The van der Waals surface area contributed by atoms with Gasteiger partial charge in [0.05, 0.1) is 0 Å². The summed E-state index contributed by atoms with van der Waals surface area (Å²) >= 11 is 0. The number of nitrogens with two attached hydrogens (primary N) is 1. The van der Waals surface area contributed by atoms with E-state index in [-0.39, 0.29) is 6.61 Å². The van der Waals surface area contributed by atoms with Gasteiger partial charge >= 0.3 is 6.03 Å². The van der Waals surface area contributed by atoms with Crippen molar-refractivity contribution >= 4 is 11.9 Å². The number of ether oxygens (including phenoxy) is 1. The fourth-order valence-corrected chi connectivity index (χ4v) is 1.65. The van der Waals surface area contributed by atoms with E-state index in [1.807, 2.05) is 23.5 Å². The highest BCUT2D eigenvalue weighted by Gasteiger charge is 2.20. The molecule has 2 rings (SSSR count). The fourth-order valence-electron chi connectivity index (χ4n) is 1.65. The lowest BCUT2D eigenvalue weighted by molar-refractivity contribution is -0.121. The Morgan fingerprint density at radius 2 is 2.05 bits per heavy atom. The third-order valence-electron chi connectivity index (χ3n) is 2.75. The predicted octanol–water partition coefficient (Wildman–Crippen LogP) is 0.512. The van der Waals surface area contributed by atoms with Crippen LogP contribution in [0, 0.1) is 0 Å². The smallest absolute Gasteiger partial charge is 0.318 e. The zero-order valence-corrected chi connectivity index (χ0v) is 10.5. The summed E-state index contributed by atoms with van der Waals surface area (Å²) in [5.74, 6) is 0.0766. The second kappa shape index (κ2) is 6.19. The average Bonchev–Trinajstić information content (AvgIpc) is 3.18. The number of urea groups is 1. The number of hydrogen-bond donors (Lipinski definition) is 3. The van der Waals surface area contributed by atoms with E-state index >= 15 is 0 Å². The number of benzene rings is 1. The van der Waals surface area contributed by atoms with Gasteiger partial charge in [-0.25, -0.2) is 4.79 Å². The fraction of sp³-hybridized carbons (Fsp3) is 0.385. The molecule has 19 heavy (non-hydrogen) atoms. The molecule has 0 aromatic heterocycles. The van der Waals surface area contributed by atoms with Gasteiger partial charge < -0.3 is 15.8 Å². The molecule has 0 spiro atoms. The first kappa shape index (κ1) is 13.4. The van der Waals surface area contributed by atoms with E-state index in [4.69, 9.17) is 10.5 Å². The minimum Gasteiger partial charge on any atom is -0.483 e. The van der Waals surface area contributed by atoms with Gasteiger partial charge in [-0.15, -0.1) is 0 Å². The molecule has 1 aliphatic carbocycles. The van der Waals surface area contributed by atoms with E-state index in [1.165, 1.54) is 12.8 Å². The number of rotatable bonds is 6. The molecule has 0 aliphatic heterocycles. The van der Waals surface area contributed by atoms with Crippen molar-refractivity contribution in [1.82, 2.24) is 10.6 Å². The minimum absolute atomic E-state index is 0.233. The second-order valence-electron chi connectivity index (χ2n) is 4.46. The molecule has 1 aromatic carbocycles. The largest absolute Gasteiger partial charge is 0.483 e. The lowest BCUT2D eigenvalue weighted by atomic mass is 10.2. The summed E-state index contributed by atoms with van der Waals surface area (Å²) in [6, 6.07) is 7.21. The summed E-state index contributed by atoms with van der Waals surface area (Å²) in [6.07, 6.45) is 2.42. The molecule has 1 fully saturated rings. The third-order valence-corrected chi connectivity index (χ3v) is 2.75. The zero-order valence-electron chi connectivity index (χ0n) is 10.5. The van der Waals surface area contributed by atoms with Crippen LogP contribution in [0.15, 0.2) is 24.3 Å². The first-order valence-electron chi connectivity index (χ1n) is 6.18. The van der Waals surface area contributed by atoms with Crippen molar-refractivity contribution in [2.75, 3.05) is 6.61 Å². The Morgan fingerprint density at radius 1 is 1.32 bits per heavy atom. The molecule has 0 radical (unpaired) electrons. The number of para-hydroxylation sites is 1. The van der Waals surface area contributed by atoms with Crippen molar-refractivity contribution in [2.45, 2.75) is 25.4 Å². The lowest BCUT2D eigenvalue weighted by Gasteiger charge is -2.11. The highest BCUT2D eigenvalue weighted by molar-refractivity contribution is 5.94. The summed E-state index contributed by atoms with van der Waals surface area (Å²) in [5, 5.41) is 5.33. The van der Waals surface area contributed by atoms with Gasteiger partial charge in [-0.3, -0.25) is 10.1 Å². The molecule has 0 unspecified atom stereocenters. The Kier molecular flexibility index (Phi) is 4.35. The van der Waals surface area contributed by atoms with Crippen molar-refractivity contribution in [2.24, 2.45) is 5.73 Å². The molecule has 0 saturated heterocycles. The van der Waals surface area contributed by atoms with Crippen LogP contribution in [0.2, 0.25) is 0 Å². The summed E-state index contributed by atoms with van der Waals surface area (Å²) in [6.45, 7) is 0.474. The van der Waals surface area contributed by atoms with Crippen LogP contribution in [0.1, 0.15) is 18.4 Å². The van der Waals surface area contributed by atoms with Crippen molar-refractivity contribution in [1.29, 1.82) is 0 Å². The molecule has 0 heterocycles. The van der Waals surface area contributed by atoms with Crippen LogP contribution < -0.4 is 21.1 Å². The van der Waals surface area contributed by atoms with Crippen molar-refractivity contribution in [3.05, 3.63) is 29.8 Å². The van der Waals surface area contributed by atoms with E-state index in [2.05, 4.69) is 5.32 Å². The second-order valence-corrected chi connectivity index (χ2v) is 4.46. The molecule has 1 aromatic rings. The van der Waals surface area contributed by atoms with Gasteiger partial charge in [-0.05, 0) is 18.9 Å². The maximum atomic E-state index is 11.3. The monoisotopic (exact) mass is 263 g/mol. The SMILES string of the molecule is NC(=O)NC(=O)COc1ccccc1CNC1CC1. The average molecular weight is 263 g/mol. The quantitative estimate of drug-likeness (QED) is 0.697. The number of imide groups is 1. The van der Waals surface area contributed by atoms with Crippen LogP contribution >= 0.6 is 0 Å². The highest BCUT2D eigenvalue weighted by Crippen LogP contribution is 2.22. The summed E-state index contributed by atoms with van der Waals surface area (Å²) in [7, 11) is 0. The molecule has 6 heteroatoms. The number of carbonyl (C=O) groups is 2. The molecule has 6 nitrogen and oxygen atoms in total. The molecule has 3 amide bonds. The molecular weight excluding hydrogens is 246 g/mol. The normalized spacial score (nSPS) is 13.9. The predicted molar refractivity (Wildman–Crippen MR) is 69.5 cm³/mol. The zero-order chi connectivity index (χ0) is 13.7. The summed E-state index contributed by atoms with van der Waals surface area (Å²) in [5.41, 5.74) is 5.83. The molecular formula is C13H17N3O3. The Labute approximate surface area is 111 Å². The van der Waals surface area contributed by atoms with E-state index < -0.39 is 11.9 Å². The molecule has 0 bridgehead atoms. The summed E-state index contributed by atoms with van der Waals surface area (Å²) in [4.78, 5) is 21.8. The number of primary amides is 1. The highest BCUT2D eigenvalue weighted by atomic mass is 16.5. The molecule has 1 aliphatic rings. The Morgan fingerprint density at radius 3 is 2.74 bits per heavy atom. The van der Waals surface area contributed by atoms with Gasteiger partial charge in [0.15, 0.2) is 6.61 Å². The van der Waals surface area contributed by atoms with Crippen LogP contribution in [0.3, 0.4) is 0 Å². The van der Waals surface area contributed by atoms with Crippen LogP contribution in [0.5, 0.6) is 5.75 Å². The minimum atomic E-state index is -0.878. The van der Waals surface area contributed by atoms with Crippen LogP contribution in [0.25, 0.3) is 0 Å². The molecule has 102 valence electrons. The van der Waals surface area contributed by atoms with E-state index in [0.29, 0.717) is 18.3 Å². The molecule has 0 atom stereocenters. The van der Waals surface area contributed by atoms with E-state index in [1.54, 1.807) is 6.07 Å². The van der Waals surface area contributed by atoms with E-state index in [0.717, 1.165) is 5.56 Å². The van der Waals surface area contributed by atoms with Crippen LogP contribution in [-0.4, -0.2) is 24.6 Å². The number of amides is 3. The van der Waals surface area contributed by atoms with Gasteiger partial charge in [-0.2, -0.15) is 0 Å². The lowest BCUT2D eigenvalue weighted by Crippen LogP contribution is -2.38. The van der Waals surface area contributed by atoms with Gasteiger partial charge in [-0.1, -0.05) is 18.2 Å².